The minimum atomic E-state index is -0.970. The third-order valence-corrected chi connectivity index (χ3v) is 6.95. The number of piperidine rings is 1. The Labute approximate surface area is 193 Å². The fourth-order valence-electron chi connectivity index (χ4n) is 5.26. The van der Waals surface area contributed by atoms with Crippen molar-refractivity contribution in [3.05, 3.63) is 53.3 Å². The summed E-state index contributed by atoms with van der Waals surface area (Å²) < 4.78 is 50.2. The van der Waals surface area contributed by atoms with Gasteiger partial charge in [0.15, 0.2) is 0 Å². The number of carbonyl (C=O) groups is 2. The molecular weight excluding hydrogens is 449 g/mol. The zero-order valence-electron chi connectivity index (χ0n) is 18.2. The number of nitrogens with one attached hydrogen (secondary N) is 2. The number of benzene rings is 2. The van der Waals surface area contributed by atoms with Crippen molar-refractivity contribution in [2.75, 3.05) is 31.1 Å². The second kappa shape index (κ2) is 8.02. The first kappa shape index (κ1) is 22.2. The number of nitrogens with zero attached hydrogens (tertiary/aromatic N) is 2. The summed E-state index contributed by atoms with van der Waals surface area (Å²) in [5.41, 5.74) is -1.14. The second-order valence-electron chi connectivity index (χ2n) is 8.88. The maximum absolute atomic E-state index is 15.1. The first-order valence-corrected chi connectivity index (χ1v) is 10.9. The van der Waals surface area contributed by atoms with Gasteiger partial charge >= 0.3 is 6.09 Å². The first-order valence-electron chi connectivity index (χ1n) is 10.9. The van der Waals surface area contributed by atoms with Gasteiger partial charge in [-0.2, -0.15) is 5.26 Å². The molecule has 1 aliphatic carbocycles. The van der Waals surface area contributed by atoms with Crippen LogP contribution in [0.5, 0.6) is 0 Å². The first-order chi connectivity index (χ1) is 16.3. The molecule has 2 heterocycles. The Kier molecular flexibility index (Phi) is 5.24. The smallest absolute Gasteiger partial charge is 0.414 e. The molecule has 0 radical (unpaired) electrons. The molecule has 0 spiro atoms. The van der Waals surface area contributed by atoms with Crippen LogP contribution in [0.2, 0.25) is 0 Å². The van der Waals surface area contributed by atoms with E-state index in [-0.39, 0.29) is 47.6 Å². The monoisotopic (exact) mass is 470 g/mol. The number of carbonyl (C=O) groups excluding carboxylic acids is 2. The average Bonchev–Trinajstić information content (AvgIpc) is 3.10. The van der Waals surface area contributed by atoms with Crippen molar-refractivity contribution in [1.29, 1.82) is 5.26 Å². The van der Waals surface area contributed by atoms with E-state index in [2.05, 4.69) is 16.7 Å². The summed E-state index contributed by atoms with van der Waals surface area (Å²) in [7, 11) is 0. The summed E-state index contributed by atoms with van der Waals surface area (Å²) in [6.07, 6.45) is -1.45. The van der Waals surface area contributed by atoms with Crippen LogP contribution < -0.4 is 15.5 Å². The average molecular weight is 470 g/mol. The van der Waals surface area contributed by atoms with Crippen molar-refractivity contribution in [1.82, 2.24) is 10.6 Å². The normalized spacial score (nSPS) is 27.2. The van der Waals surface area contributed by atoms with Crippen LogP contribution in [0.25, 0.3) is 11.1 Å². The third-order valence-electron chi connectivity index (χ3n) is 6.95. The summed E-state index contributed by atoms with van der Waals surface area (Å²) in [5.74, 6) is -2.86. The molecule has 2 N–H and O–H groups in total. The van der Waals surface area contributed by atoms with E-state index in [9.17, 15) is 14.9 Å². The highest BCUT2D eigenvalue weighted by atomic mass is 19.1. The van der Waals surface area contributed by atoms with Gasteiger partial charge in [-0.3, -0.25) is 9.69 Å². The molecule has 3 fully saturated rings. The molecule has 4 atom stereocenters. The van der Waals surface area contributed by atoms with Crippen molar-refractivity contribution in [3.8, 4) is 17.2 Å². The quantitative estimate of drug-likeness (QED) is 0.701. The molecule has 7 nitrogen and oxygen atoms in total. The summed E-state index contributed by atoms with van der Waals surface area (Å²) in [6.45, 7) is 2.67. The van der Waals surface area contributed by atoms with E-state index in [0.29, 0.717) is 13.1 Å². The van der Waals surface area contributed by atoms with Crippen LogP contribution in [0.4, 0.5) is 23.7 Å². The van der Waals surface area contributed by atoms with Crippen molar-refractivity contribution < 1.29 is 27.5 Å². The van der Waals surface area contributed by atoms with Crippen molar-refractivity contribution in [2.45, 2.75) is 18.4 Å². The van der Waals surface area contributed by atoms with Crippen LogP contribution >= 0.6 is 0 Å². The predicted octanol–water partition coefficient (Wildman–Crippen LogP) is 2.84. The lowest BCUT2D eigenvalue weighted by atomic mass is 9.89. The van der Waals surface area contributed by atoms with Gasteiger partial charge in [-0.25, -0.2) is 18.0 Å². The molecule has 2 saturated heterocycles. The van der Waals surface area contributed by atoms with E-state index in [1.807, 2.05) is 0 Å². The minimum Gasteiger partial charge on any atom is -0.442 e. The number of fused-ring (bicyclic) bond motifs is 1. The molecule has 2 amide bonds. The number of hydrogen-bond acceptors (Lipinski definition) is 5. The van der Waals surface area contributed by atoms with Crippen LogP contribution in [0.3, 0.4) is 0 Å². The van der Waals surface area contributed by atoms with Crippen molar-refractivity contribution >= 4 is 17.7 Å². The maximum atomic E-state index is 15.1. The lowest BCUT2D eigenvalue weighted by molar-refractivity contribution is -0.119. The van der Waals surface area contributed by atoms with Gasteiger partial charge in [0.25, 0.3) is 0 Å². The Hall–Kier alpha value is -3.58. The zero-order chi connectivity index (χ0) is 24.2. The van der Waals surface area contributed by atoms with Crippen LogP contribution in [0.1, 0.15) is 12.5 Å². The van der Waals surface area contributed by atoms with Crippen LogP contribution in [-0.4, -0.2) is 44.3 Å². The summed E-state index contributed by atoms with van der Waals surface area (Å²) >= 11 is 0. The standard InChI is InChI=1S/C24H21F3N4O3/c1-12(32)30-7-15-10-31(23(33)34-15)14-5-20(26)22(21(27)6-14)13-2-3-16(19(25)4-13)24(11-28)17-8-29-9-18(17)24/h2-6,15,17-18,29H,7-10H2,1H3,(H,30,32)/t15-,17-,18+,24?/m0/s1. The Morgan fingerprint density at radius 2 is 1.88 bits per heavy atom. The summed E-state index contributed by atoms with van der Waals surface area (Å²) in [4.78, 5) is 24.3. The lowest BCUT2D eigenvalue weighted by Crippen LogP contribution is -2.33. The van der Waals surface area contributed by atoms with Gasteiger partial charge in [0.2, 0.25) is 5.91 Å². The predicted molar refractivity (Wildman–Crippen MR) is 115 cm³/mol. The van der Waals surface area contributed by atoms with E-state index < -0.39 is 40.6 Å². The number of rotatable bonds is 5. The molecule has 0 bridgehead atoms. The lowest BCUT2D eigenvalue weighted by Gasteiger charge is -2.17. The maximum Gasteiger partial charge on any atom is 0.414 e. The molecule has 0 aromatic heterocycles. The number of nitriles is 1. The molecule has 5 rings (SSSR count). The molecule has 2 aromatic carbocycles. The summed E-state index contributed by atoms with van der Waals surface area (Å²) in [5, 5.41) is 15.4. The molecule has 2 aromatic rings. The van der Waals surface area contributed by atoms with Gasteiger partial charge in [0.1, 0.15) is 23.6 Å². The van der Waals surface area contributed by atoms with E-state index >= 15 is 13.2 Å². The van der Waals surface area contributed by atoms with E-state index in [0.717, 1.165) is 23.1 Å². The number of hydrogen-bond donors (Lipinski definition) is 2. The minimum absolute atomic E-state index is 0.00708. The van der Waals surface area contributed by atoms with Crippen molar-refractivity contribution in [3.63, 3.8) is 0 Å². The van der Waals surface area contributed by atoms with Crippen LogP contribution in [-0.2, 0) is 14.9 Å². The fraction of sp³-hybridized carbons (Fsp3) is 0.375. The topological polar surface area (TPSA) is 94.5 Å². The summed E-state index contributed by atoms with van der Waals surface area (Å²) in [6, 6.07) is 8.12. The molecule has 34 heavy (non-hydrogen) atoms. The van der Waals surface area contributed by atoms with Gasteiger partial charge in [0.05, 0.1) is 35.8 Å². The van der Waals surface area contributed by atoms with Gasteiger partial charge in [-0.15, -0.1) is 0 Å². The number of amides is 2. The molecule has 176 valence electrons. The Bertz CT molecular complexity index is 1210. The number of ether oxygens (including phenoxy) is 1. The van der Waals surface area contributed by atoms with Crippen LogP contribution in [0, 0.1) is 40.6 Å². The van der Waals surface area contributed by atoms with E-state index in [4.69, 9.17) is 4.74 Å². The highest BCUT2D eigenvalue weighted by molar-refractivity contribution is 5.90. The molecular formula is C24H21F3N4O3. The molecule has 1 unspecified atom stereocenters. The molecule has 10 heteroatoms. The van der Waals surface area contributed by atoms with Crippen molar-refractivity contribution in [2.24, 2.45) is 11.8 Å². The van der Waals surface area contributed by atoms with E-state index in [1.54, 1.807) is 0 Å². The largest absolute Gasteiger partial charge is 0.442 e. The number of anilines is 1. The highest BCUT2D eigenvalue weighted by Crippen LogP contribution is 2.61. The molecule has 1 saturated carbocycles. The highest BCUT2D eigenvalue weighted by Gasteiger charge is 2.68. The fourth-order valence-corrected chi connectivity index (χ4v) is 5.26. The van der Waals surface area contributed by atoms with Gasteiger partial charge in [-0.1, -0.05) is 12.1 Å². The number of halogens is 3. The van der Waals surface area contributed by atoms with Gasteiger partial charge < -0.3 is 15.4 Å². The van der Waals surface area contributed by atoms with Gasteiger partial charge in [-0.05, 0) is 23.8 Å². The Morgan fingerprint density at radius 1 is 1.21 bits per heavy atom. The molecule has 2 aliphatic heterocycles. The van der Waals surface area contributed by atoms with Gasteiger partial charge in [0, 0.05) is 37.4 Å². The second-order valence-corrected chi connectivity index (χ2v) is 8.88. The Morgan fingerprint density at radius 3 is 2.47 bits per heavy atom. The van der Waals surface area contributed by atoms with E-state index in [1.165, 1.54) is 19.1 Å². The number of cyclic esters (lactones) is 1. The zero-order valence-corrected chi connectivity index (χ0v) is 18.2. The third kappa shape index (κ3) is 3.39. The SMILES string of the molecule is CC(=O)NC[C@H]1CN(c2cc(F)c(-c3ccc(C4(C#N)[C@@H]5CNC[C@@H]54)c(F)c3)c(F)c2)C(=O)O1. The van der Waals surface area contributed by atoms with Crippen LogP contribution in [0.15, 0.2) is 30.3 Å². The molecule has 3 aliphatic rings. The Balaban J connectivity index is 1.41.